The fourth-order valence-corrected chi connectivity index (χ4v) is 2.83. The first-order valence-electron chi connectivity index (χ1n) is 8.73. The minimum absolute atomic E-state index is 0.0948. The molecule has 2 aromatic carbocycles. The van der Waals surface area contributed by atoms with E-state index in [9.17, 15) is 9.59 Å². The molecule has 0 radical (unpaired) electrons. The summed E-state index contributed by atoms with van der Waals surface area (Å²) >= 11 is 0. The molecule has 0 atom stereocenters. The highest BCUT2D eigenvalue weighted by Gasteiger charge is 2.16. The van der Waals surface area contributed by atoms with Crippen molar-refractivity contribution in [2.75, 3.05) is 31.0 Å². The Bertz CT molecular complexity index is 833. The third-order valence-corrected chi connectivity index (χ3v) is 4.48. The SMILES string of the molecule is COc1ccc(NC(=O)CCN(C(C)=O)c2cccc(C)c2C)cc1OC. The summed E-state index contributed by atoms with van der Waals surface area (Å²) in [5, 5.41) is 2.83. The zero-order chi connectivity index (χ0) is 20.0. The number of hydrogen-bond acceptors (Lipinski definition) is 4. The number of methoxy groups -OCH3 is 2. The van der Waals surface area contributed by atoms with Gasteiger partial charge in [0.15, 0.2) is 11.5 Å². The second kappa shape index (κ2) is 9.07. The number of benzene rings is 2. The Morgan fingerprint density at radius 2 is 1.74 bits per heavy atom. The van der Waals surface area contributed by atoms with Gasteiger partial charge in [-0.05, 0) is 43.2 Å². The molecule has 0 fully saturated rings. The van der Waals surface area contributed by atoms with E-state index < -0.39 is 0 Å². The van der Waals surface area contributed by atoms with Gasteiger partial charge in [0.25, 0.3) is 0 Å². The number of amides is 2. The van der Waals surface area contributed by atoms with Crippen LogP contribution in [0.15, 0.2) is 36.4 Å². The Labute approximate surface area is 160 Å². The van der Waals surface area contributed by atoms with E-state index in [1.54, 1.807) is 37.3 Å². The second-order valence-corrected chi connectivity index (χ2v) is 6.26. The van der Waals surface area contributed by atoms with Gasteiger partial charge in [-0.2, -0.15) is 0 Å². The number of rotatable bonds is 7. The molecule has 144 valence electrons. The molecule has 6 nitrogen and oxygen atoms in total. The molecule has 27 heavy (non-hydrogen) atoms. The van der Waals surface area contributed by atoms with Gasteiger partial charge in [-0.25, -0.2) is 0 Å². The molecule has 0 aliphatic heterocycles. The first-order chi connectivity index (χ1) is 12.9. The molecule has 0 aliphatic rings. The number of carbonyl (C=O) groups is 2. The minimum atomic E-state index is -0.182. The number of ether oxygens (including phenoxy) is 2. The summed E-state index contributed by atoms with van der Waals surface area (Å²) in [7, 11) is 3.10. The topological polar surface area (TPSA) is 67.9 Å². The molecule has 6 heteroatoms. The van der Waals surface area contributed by atoms with Crippen LogP contribution in [-0.2, 0) is 9.59 Å². The van der Waals surface area contributed by atoms with Crippen LogP contribution < -0.4 is 19.7 Å². The number of anilines is 2. The first kappa shape index (κ1) is 20.3. The van der Waals surface area contributed by atoms with E-state index in [0.29, 0.717) is 23.7 Å². The van der Waals surface area contributed by atoms with Crippen molar-refractivity contribution in [3.8, 4) is 11.5 Å². The molecule has 0 saturated carbocycles. The molecule has 2 rings (SSSR count). The lowest BCUT2D eigenvalue weighted by molar-refractivity contribution is -0.117. The van der Waals surface area contributed by atoms with Crippen LogP contribution in [0.25, 0.3) is 0 Å². The van der Waals surface area contributed by atoms with Crippen LogP contribution in [0.5, 0.6) is 11.5 Å². The summed E-state index contributed by atoms with van der Waals surface area (Å²) in [6.07, 6.45) is 0.182. The van der Waals surface area contributed by atoms with E-state index in [-0.39, 0.29) is 18.2 Å². The average Bonchev–Trinajstić information content (AvgIpc) is 2.64. The molecule has 0 aromatic heterocycles. The standard InChI is InChI=1S/C21H26N2O4/c1-14-7-6-8-18(15(14)2)23(16(3)24)12-11-21(25)22-17-9-10-19(26-4)20(13-17)27-5/h6-10,13H,11-12H2,1-5H3,(H,22,25). The van der Waals surface area contributed by atoms with Crippen molar-refractivity contribution >= 4 is 23.2 Å². The van der Waals surface area contributed by atoms with Crippen LogP contribution >= 0.6 is 0 Å². The zero-order valence-corrected chi connectivity index (χ0v) is 16.5. The molecule has 0 aliphatic carbocycles. The highest BCUT2D eigenvalue weighted by molar-refractivity contribution is 5.95. The van der Waals surface area contributed by atoms with Crippen LogP contribution in [-0.4, -0.2) is 32.6 Å². The highest BCUT2D eigenvalue weighted by Crippen LogP contribution is 2.30. The second-order valence-electron chi connectivity index (χ2n) is 6.26. The first-order valence-corrected chi connectivity index (χ1v) is 8.73. The van der Waals surface area contributed by atoms with Crippen LogP contribution in [0, 0.1) is 13.8 Å². The van der Waals surface area contributed by atoms with Crippen molar-refractivity contribution in [1.29, 1.82) is 0 Å². The van der Waals surface area contributed by atoms with E-state index >= 15 is 0 Å². The molecule has 0 unspecified atom stereocenters. The fourth-order valence-electron chi connectivity index (χ4n) is 2.83. The minimum Gasteiger partial charge on any atom is -0.493 e. The molecular formula is C21H26N2O4. The Balaban J connectivity index is 2.06. The smallest absolute Gasteiger partial charge is 0.226 e. The predicted octanol–water partition coefficient (Wildman–Crippen LogP) is 3.70. The van der Waals surface area contributed by atoms with Gasteiger partial charge in [-0.3, -0.25) is 9.59 Å². The van der Waals surface area contributed by atoms with Crippen molar-refractivity contribution in [1.82, 2.24) is 0 Å². The van der Waals surface area contributed by atoms with Gasteiger partial charge in [0.05, 0.1) is 14.2 Å². The largest absolute Gasteiger partial charge is 0.493 e. The molecule has 0 saturated heterocycles. The summed E-state index contributed by atoms with van der Waals surface area (Å²) in [5.41, 5.74) is 3.58. The summed E-state index contributed by atoms with van der Waals surface area (Å²) in [5.74, 6) is 0.852. The van der Waals surface area contributed by atoms with E-state index in [1.807, 2.05) is 32.0 Å². The molecule has 2 amide bonds. The molecule has 0 heterocycles. The van der Waals surface area contributed by atoms with Crippen LogP contribution in [0.3, 0.4) is 0 Å². The van der Waals surface area contributed by atoms with Gasteiger partial charge in [-0.15, -0.1) is 0 Å². The molecule has 2 aromatic rings. The fraction of sp³-hybridized carbons (Fsp3) is 0.333. The van der Waals surface area contributed by atoms with E-state index in [4.69, 9.17) is 9.47 Å². The third-order valence-electron chi connectivity index (χ3n) is 4.48. The number of aryl methyl sites for hydroxylation is 1. The lowest BCUT2D eigenvalue weighted by atomic mass is 10.1. The summed E-state index contributed by atoms with van der Waals surface area (Å²) < 4.78 is 10.4. The number of hydrogen-bond donors (Lipinski definition) is 1. The third kappa shape index (κ3) is 5.00. The maximum Gasteiger partial charge on any atom is 0.226 e. The quantitative estimate of drug-likeness (QED) is 0.807. The lowest BCUT2D eigenvalue weighted by Gasteiger charge is -2.23. The predicted molar refractivity (Wildman–Crippen MR) is 107 cm³/mol. The zero-order valence-electron chi connectivity index (χ0n) is 16.5. The van der Waals surface area contributed by atoms with Crippen LogP contribution in [0.2, 0.25) is 0 Å². The van der Waals surface area contributed by atoms with Gasteiger partial charge in [-0.1, -0.05) is 12.1 Å². The molecule has 0 bridgehead atoms. The van der Waals surface area contributed by atoms with Gasteiger partial charge < -0.3 is 19.7 Å². The molecular weight excluding hydrogens is 344 g/mol. The normalized spacial score (nSPS) is 10.3. The highest BCUT2D eigenvalue weighted by atomic mass is 16.5. The van der Waals surface area contributed by atoms with Crippen molar-refractivity contribution in [3.63, 3.8) is 0 Å². The Morgan fingerprint density at radius 1 is 1.04 bits per heavy atom. The number of carbonyl (C=O) groups excluding carboxylic acids is 2. The number of nitrogens with zero attached hydrogens (tertiary/aromatic N) is 1. The Morgan fingerprint density at radius 3 is 2.37 bits per heavy atom. The molecule has 0 spiro atoms. The van der Waals surface area contributed by atoms with Crippen molar-refractivity contribution in [2.24, 2.45) is 0 Å². The Hall–Kier alpha value is -3.02. The average molecular weight is 370 g/mol. The lowest BCUT2D eigenvalue weighted by Crippen LogP contribution is -2.32. The van der Waals surface area contributed by atoms with Crippen molar-refractivity contribution in [3.05, 3.63) is 47.5 Å². The van der Waals surface area contributed by atoms with Crippen LogP contribution in [0.1, 0.15) is 24.5 Å². The number of nitrogens with one attached hydrogen (secondary N) is 1. The van der Waals surface area contributed by atoms with E-state index in [2.05, 4.69) is 5.32 Å². The van der Waals surface area contributed by atoms with Crippen molar-refractivity contribution < 1.29 is 19.1 Å². The van der Waals surface area contributed by atoms with Gasteiger partial charge in [0, 0.05) is 37.3 Å². The summed E-state index contributed by atoms with van der Waals surface area (Å²) in [6.45, 7) is 5.79. The maximum atomic E-state index is 12.4. The monoisotopic (exact) mass is 370 g/mol. The van der Waals surface area contributed by atoms with E-state index in [0.717, 1.165) is 16.8 Å². The van der Waals surface area contributed by atoms with Gasteiger partial charge in [0.1, 0.15) is 0 Å². The van der Waals surface area contributed by atoms with Crippen LogP contribution in [0.4, 0.5) is 11.4 Å². The van der Waals surface area contributed by atoms with Gasteiger partial charge in [0.2, 0.25) is 11.8 Å². The Kier molecular flexibility index (Phi) is 6.82. The van der Waals surface area contributed by atoms with Crippen molar-refractivity contribution in [2.45, 2.75) is 27.2 Å². The maximum absolute atomic E-state index is 12.4. The molecule has 1 N–H and O–H groups in total. The van der Waals surface area contributed by atoms with Gasteiger partial charge >= 0.3 is 0 Å². The summed E-state index contributed by atoms with van der Waals surface area (Å²) in [6, 6.07) is 11.0. The summed E-state index contributed by atoms with van der Waals surface area (Å²) in [4.78, 5) is 26.1. The van der Waals surface area contributed by atoms with E-state index in [1.165, 1.54) is 6.92 Å².